The minimum atomic E-state index is -0.319. The Labute approximate surface area is 76.6 Å². The number of pyridine rings is 1. The van der Waals surface area contributed by atoms with Crippen LogP contribution < -0.4 is 0 Å². The molecule has 0 unspecified atom stereocenters. The molecule has 0 bridgehead atoms. The molecule has 3 heteroatoms. The predicted molar refractivity (Wildman–Crippen MR) is 48.0 cm³/mol. The minimum absolute atomic E-state index is 0.0965. The van der Waals surface area contributed by atoms with E-state index in [-0.39, 0.29) is 11.7 Å². The highest BCUT2D eigenvalue weighted by molar-refractivity contribution is 6.32. The first-order chi connectivity index (χ1) is 5.54. The van der Waals surface area contributed by atoms with Crippen LogP contribution in [0.2, 0.25) is 5.02 Å². The molecule has 0 radical (unpaired) electrons. The third-order valence-corrected chi connectivity index (χ3v) is 2.24. The van der Waals surface area contributed by atoms with Gasteiger partial charge in [-0.05, 0) is 12.8 Å². The fraction of sp³-hybridized carbons (Fsp3) is 0.444. The van der Waals surface area contributed by atoms with E-state index >= 15 is 0 Å². The first-order valence-electron chi connectivity index (χ1n) is 3.84. The molecule has 1 nitrogen and oxygen atoms in total. The fourth-order valence-corrected chi connectivity index (χ4v) is 1.47. The summed E-state index contributed by atoms with van der Waals surface area (Å²) in [4.78, 5) is 3.81. The normalized spacial score (nSPS) is 10.8. The second kappa shape index (κ2) is 3.40. The quantitative estimate of drug-likeness (QED) is 0.658. The van der Waals surface area contributed by atoms with E-state index in [1.807, 2.05) is 13.8 Å². The number of aromatic nitrogens is 1. The van der Waals surface area contributed by atoms with Gasteiger partial charge in [0, 0.05) is 5.56 Å². The van der Waals surface area contributed by atoms with Crippen LogP contribution in [0, 0.1) is 12.7 Å². The van der Waals surface area contributed by atoms with Crippen molar-refractivity contribution in [1.82, 2.24) is 4.98 Å². The van der Waals surface area contributed by atoms with Crippen LogP contribution in [0.3, 0.4) is 0 Å². The summed E-state index contributed by atoms with van der Waals surface area (Å²) in [5, 5.41) is 0.449. The lowest BCUT2D eigenvalue weighted by Crippen LogP contribution is -1.98. The minimum Gasteiger partial charge on any atom is -0.257 e. The van der Waals surface area contributed by atoms with E-state index in [2.05, 4.69) is 4.98 Å². The van der Waals surface area contributed by atoms with Gasteiger partial charge in [-0.3, -0.25) is 4.98 Å². The molecular formula is C9H11ClFN. The van der Waals surface area contributed by atoms with Gasteiger partial charge in [0.05, 0.1) is 16.9 Å². The van der Waals surface area contributed by atoms with Gasteiger partial charge in [0.25, 0.3) is 0 Å². The lowest BCUT2D eigenvalue weighted by Gasteiger charge is -2.10. The van der Waals surface area contributed by atoms with E-state index in [4.69, 9.17) is 11.6 Å². The maximum Gasteiger partial charge on any atom is 0.146 e. The average molecular weight is 188 g/mol. The monoisotopic (exact) mass is 187 g/mol. The number of hydrogen-bond donors (Lipinski definition) is 0. The summed E-state index contributed by atoms with van der Waals surface area (Å²) in [6, 6.07) is 0. The van der Waals surface area contributed by atoms with Crippen molar-refractivity contribution in [2.24, 2.45) is 0 Å². The summed E-state index contributed by atoms with van der Waals surface area (Å²) in [5.74, 6) is -0.222. The van der Waals surface area contributed by atoms with Crippen LogP contribution in [0.4, 0.5) is 4.39 Å². The van der Waals surface area contributed by atoms with Gasteiger partial charge < -0.3 is 0 Å². The molecule has 0 spiro atoms. The Morgan fingerprint density at radius 2 is 2.08 bits per heavy atom. The molecule has 1 aromatic rings. The number of hydrogen-bond acceptors (Lipinski definition) is 1. The first kappa shape index (κ1) is 9.46. The number of aryl methyl sites for hydroxylation is 1. The van der Waals surface area contributed by atoms with Gasteiger partial charge in [-0.15, -0.1) is 0 Å². The standard InChI is InChI=1S/C9H11ClFN/c1-5(2)8-7(11)4-12-6(3)9(8)10/h4-5H,1-3H3. The summed E-state index contributed by atoms with van der Waals surface area (Å²) >= 11 is 5.89. The lowest BCUT2D eigenvalue weighted by molar-refractivity contribution is 0.590. The fourth-order valence-electron chi connectivity index (χ4n) is 1.11. The number of nitrogens with zero attached hydrogens (tertiary/aromatic N) is 1. The molecule has 0 amide bonds. The van der Waals surface area contributed by atoms with E-state index in [0.717, 1.165) is 0 Å². The zero-order chi connectivity index (χ0) is 9.30. The Hall–Kier alpha value is -0.630. The molecule has 1 heterocycles. The Morgan fingerprint density at radius 3 is 2.50 bits per heavy atom. The highest BCUT2D eigenvalue weighted by Gasteiger charge is 2.13. The molecule has 0 aromatic carbocycles. The van der Waals surface area contributed by atoms with Crippen LogP contribution in [0.25, 0.3) is 0 Å². The van der Waals surface area contributed by atoms with Crippen molar-refractivity contribution in [2.75, 3.05) is 0 Å². The topological polar surface area (TPSA) is 12.9 Å². The van der Waals surface area contributed by atoms with Crippen LogP contribution in [0.15, 0.2) is 6.20 Å². The van der Waals surface area contributed by atoms with E-state index in [1.54, 1.807) is 6.92 Å². The SMILES string of the molecule is Cc1ncc(F)c(C(C)C)c1Cl. The van der Waals surface area contributed by atoms with Gasteiger partial charge >= 0.3 is 0 Å². The van der Waals surface area contributed by atoms with Crippen LogP contribution >= 0.6 is 11.6 Å². The van der Waals surface area contributed by atoms with Crippen molar-refractivity contribution in [3.05, 3.63) is 28.3 Å². The van der Waals surface area contributed by atoms with Gasteiger partial charge in [0.15, 0.2) is 0 Å². The molecule has 0 fully saturated rings. The Morgan fingerprint density at radius 1 is 1.50 bits per heavy atom. The predicted octanol–water partition coefficient (Wildman–Crippen LogP) is 3.31. The highest BCUT2D eigenvalue weighted by Crippen LogP contribution is 2.27. The summed E-state index contributed by atoms with van der Waals surface area (Å²) < 4.78 is 13.1. The first-order valence-corrected chi connectivity index (χ1v) is 4.22. The molecule has 0 aliphatic carbocycles. The van der Waals surface area contributed by atoms with Gasteiger partial charge in [-0.25, -0.2) is 4.39 Å². The van der Waals surface area contributed by atoms with E-state index in [9.17, 15) is 4.39 Å². The van der Waals surface area contributed by atoms with Crippen LogP contribution in [-0.4, -0.2) is 4.98 Å². The summed E-state index contributed by atoms with van der Waals surface area (Å²) in [6.45, 7) is 5.58. The Kier molecular flexibility index (Phi) is 2.68. The van der Waals surface area contributed by atoms with Crippen molar-refractivity contribution < 1.29 is 4.39 Å². The molecule has 66 valence electrons. The number of rotatable bonds is 1. The Balaban J connectivity index is 3.33. The second-order valence-corrected chi connectivity index (χ2v) is 3.45. The second-order valence-electron chi connectivity index (χ2n) is 3.07. The molecule has 0 saturated carbocycles. The average Bonchev–Trinajstić information content (AvgIpc) is 1.97. The van der Waals surface area contributed by atoms with Crippen molar-refractivity contribution in [3.8, 4) is 0 Å². The summed E-state index contributed by atoms with van der Waals surface area (Å²) in [5.41, 5.74) is 1.24. The highest BCUT2D eigenvalue weighted by atomic mass is 35.5. The smallest absolute Gasteiger partial charge is 0.146 e. The maximum absolute atomic E-state index is 13.1. The Bertz CT molecular complexity index is 297. The molecule has 0 aliphatic heterocycles. The van der Waals surface area contributed by atoms with Crippen molar-refractivity contribution in [3.63, 3.8) is 0 Å². The third-order valence-electron chi connectivity index (χ3n) is 1.76. The summed E-state index contributed by atoms with van der Waals surface area (Å²) in [6.07, 6.45) is 1.22. The van der Waals surface area contributed by atoms with Crippen molar-refractivity contribution in [2.45, 2.75) is 26.7 Å². The van der Waals surface area contributed by atoms with E-state index < -0.39 is 0 Å². The number of halogens is 2. The van der Waals surface area contributed by atoms with Gasteiger partial charge in [-0.2, -0.15) is 0 Å². The molecule has 1 rings (SSSR count). The zero-order valence-electron chi connectivity index (χ0n) is 7.36. The van der Waals surface area contributed by atoms with E-state index in [1.165, 1.54) is 6.20 Å². The molecule has 0 atom stereocenters. The molecular weight excluding hydrogens is 177 g/mol. The lowest BCUT2D eigenvalue weighted by atomic mass is 10.0. The summed E-state index contributed by atoms with van der Waals surface area (Å²) in [7, 11) is 0. The van der Waals surface area contributed by atoms with E-state index in [0.29, 0.717) is 16.3 Å². The van der Waals surface area contributed by atoms with Crippen LogP contribution in [0.1, 0.15) is 31.0 Å². The van der Waals surface area contributed by atoms with Crippen LogP contribution in [-0.2, 0) is 0 Å². The largest absolute Gasteiger partial charge is 0.257 e. The zero-order valence-corrected chi connectivity index (χ0v) is 8.11. The van der Waals surface area contributed by atoms with Gasteiger partial charge in [0.2, 0.25) is 0 Å². The molecule has 0 N–H and O–H groups in total. The van der Waals surface area contributed by atoms with Gasteiger partial charge in [0.1, 0.15) is 5.82 Å². The third kappa shape index (κ3) is 1.58. The molecule has 12 heavy (non-hydrogen) atoms. The molecule has 0 saturated heterocycles. The molecule has 0 aliphatic rings. The van der Waals surface area contributed by atoms with Crippen molar-refractivity contribution >= 4 is 11.6 Å². The van der Waals surface area contributed by atoms with Gasteiger partial charge in [-0.1, -0.05) is 25.4 Å². The molecule has 1 aromatic heterocycles. The van der Waals surface area contributed by atoms with Crippen molar-refractivity contribution in [1.29, 1.82) is 0 Å². The maximum atomic E-state index is 13.1. The van der Waals surface area contributed by atoms with Crippen LogP contribution in [0.5, 0.6) is 0 Å².